The van der Waals surface area contributed by atoms with Crippen molar-refractivity contribution in [2.75, 3.05) is 36.0 Å². The van der Waals surface area contributed by atoms with E-state index in [4.69, 9.17) is 0 Å². The standard InChI is InChI=1S/C26H27N3O3/c1-18-7-5-12-22-23(18)26(32)29(25(22)31)21-11-6-8-19(17-21)24(30)28-15-13-27(14-16-28)20-9-3-2-4-10-20/h2-11,17-18,22-23H,12-16H2,1H3. The van der Waals surface area contributed by atoms with Crippen molar-refractivity contribution >= 4 is 29.1 Å². The van der Waals surface area contributed by atoms with Crippen molar-refractivity contribution in [3.05, 3.63) is 72.3 Å². The van der Waals surface area contributed by atoms with Gasteiger partial charge in [0.1, 0.15) is 0 Å². The molecule has 32 heavy (non-hydrogen) atoms. The van der Waals surface area contributed by atoms with Gasteiger partial charge in [-0.1, -0.05) is 43.3 Å². The maximum atomic E-state index is 13.2. The first-order valence-electron chi connectivity index (χ1n) is 11.3. The minimum absolute atomic E-state index is 0.0425. The number of carbonyl (C=O) groups is 3. The molecule has 0 radical (unpaired) electrons. The van der Waals surface area contributed by atoms with Gasteiger partial charge in [-0.2, -0.15) is 0 Å². The first-order chi connectivity index (χ1) is 15.5. The first-order valence-corrected chi connectivity index (χ1v) is 11.3. The van der Waals surface area contributed by atoms with Crippen LogP contribution in [0.2, 0.25) is 0 Å². The number of para-hydroxylation sites is 1. The predicted molar refractivity (Wildman–Crippen MR) is 123 cm³/mol. The number of fused-ring (bicyclic) bond motifs is 1. The number of hydrogen-bond donors (Lipinski definition) is 0. The molecule has 0 aromatic heterocycles. The van der Waals surface area contributed by atoms with Gasteiger partial charge < -0.3 is 9.80 Å². The van der Waals surface area contributed by atoms with E-state index in [1.807, 2.05) is 42.2 Å². The van der Waals surface area contributed by atoms with Crippen LogP contribution in [0.3, 0.4) is 0 Å². The molecule has 1 aliphatic carbocycles. The summed E-state index contributed by atoms with van der Waals surface area (Å²) in [5.74, 6) is -0.937. The number of anilines is 2. The Morgan fingerprint density at radius 1 is 0.875 bits per heavy atom. The van der Waals surface area contributed by atoms with Crippen LogP contribution >= 0.6 is 0 Å². The Hall–Kier alpha value is -3.41. The molecule has 5 rings (SSSR count). The number of amides is 3. The zero-order chi connectivity index (χ0) is 22.2. The van der Waals surface area contributed by atoms with Gasteiger partial charge in [0.05, 0.1) is 17.5 Å². The van der Waals surface area contributed by atoms with Gasteiger partial charge in [-0.3, -0.25) is 19.3 Å². The van der Waals surface area contributed by atoms with Crippen LogP contribution in [0, 0.1) is 17.8 Å². The number of nitrogens with zero attached hydrogens (tertiary/aromatic N) is 3. The zero-order valence-electron chi connectivity index (χ0n) is 18.2. The van der Waals surface area contributed by atoms with E-state index in [2.05, 4.69) is 17.0 Å². The number of benzene rings is 2. The minimum Gasteiger partial charge on any atom is -0.368 e. The first kappa shape index (κ1) is 20.5. The number of piperazine rings is 1. The smallest absolute Gasteiger partial charge is 0.254 e. The zero-order valence-corrected chi connectivity index (χ0v) is 18.2. The Labute approximate surface area is 188 Å². The highest BCUT2D eigenvalue weighted by Crippen LogP contribution is 2.40. The van der Waals surface area contributed by atoms with Crippen molar-refractivity contribution in [1.82, 2.24) is 4.90 Å². The van der Waals surface area contributed by atoms with E-state index in [-0.39, 0.29) is 35.5 Å². The van der Waals surface area contributed by atoms with Gasteiger partial charge in [0.2, 0.25) is 11.8 Å². The molecule has 2 aromatic rings. The lowest BCUT2D eigenvalue weighted by Gasteiger charge is -2.36. The van der Waals surface area contributed by atoms with Crippen molar-refractivity contribution < 1.29 is 14.4 Å². The number of carbonyl (C=O) groups excluding carboxylic acids is 3. The van der Waals surface area contributed by atoms with Crippen molar-refractivity contribution in [3.63, 3.8) is 0 Å². The summed E-state index contributed by atoms with van der Waals surface area (Å²) in [6.07, 6.45) is 4.61. The van der Waals surface area contributed by atoms with E-state index in [1.165, 1.54) is 4.90 Å². The van der Waals surface area contributed by atoms with Crippen molar-refractivity contribution in [2.45, 2.75) is 13.3 Å². The average Bonchev–Trinajstić information content (AvgIpc) is 3.10. The fourth-order valence-corrected chi connectivity index (χ4v) is 5.17. The van der Waals surface area contributed by atoms with Crippen molar-refractivity contribution in [3.8, 4) is 0 Å². The summed E-state index contributed by atoms with van der Waals surface area (Å²) >= 11 is 0. The summed E-state index contributed by atoms with van der Waals surface area (Å²) in [6, 6.07) is 17.2. The predicted octanol–water partition coefficient (Wildman–Crippen LogP) is 3.35. The molecule has 164 valence electrons. The summed E-state index contributed by atoms with van der Waals surface area (Å²) in [4.78, 5) is 44.7. The number of imide groups is 1. The highest BCUT2D eigenvalue weighted by Gasteiger charge is 2.50. The molecule has 2 saturated heterocycles. The minimum atomic E-state index is -0.307. The molecule has 3 aliphatic rings. The Bertz CT molecular complexity index is 1070. The van der Waals surface area contributed by atoms with E-state index >= 15 is 0 Å². The van der Waals surface area contributed by atoms with Gasteiger partial charge in [-0.05, 0) is 42.7 Å². The highest BCUT2D eigenvalue weighted by atomic mass is 16.2. The Kier molecular flexibility index (Phi) is 5.29. The van der Waals surface area contributed by atoms with Gasteiger partial charge in [0.15, 0.2) is 0 Å². The Morgan fingerprint density at radius 3 is 2.31 bits per heavy atom. The fourth-order valence-electron chi connectivity index (χ4n) is 5.17. The summed E-state index contributed by atoms with van der Waals surface area (Å²) in [7, 11) is 0. The monoisotopic (exact) mass is 429 g/mol. The molecular weight excluding hydrogens is 402 g/mol. The molecule has 0 spiro atoms. The fraction of sp³-hybridized carbons (Fsp3) is 0.346. The SMILES string of the molecule is CC1C=CCC2C(=O)N(c3cccc(C(=O)N4CCN(c5ccccc5)CC4)c3)C(=O)C12. The second-order valence-electron chi connectivity index (χ2n) is 8.83. The number of rotatable bonds is 3. The summed E-state index contributed by atoms with van der Waals surface area (Å²) in [6.45, 7) is 4.79. The van der Waals surface area contributed by atoms with E-state index in [0.29, 0.717) is 30.8 Å². The lowest BCUT2D eigenvalue weighted by atomic mass is 9.78. The van der Waals surface area contributed by atoms with E-state index in [0.717, 1.165) is 18.8 Å². The lowest BCUT2D eigenvalue weighted by molar-refractivity contribution is -0.122. The van der Waals surface area contributed by atoms with Crippen LogP contribution in [0.15, 0.2) is 66.7 Å². The largest absolute Gasteiger partial charge is 0.368 e. The van der Waals surface area contributed by atoms with Crippen LogP contribution in [-0.2, 0) is 9.59 Å². The van der Waals surface area contributed by atoms with Gasteiger partial charge in [-0.25, -0.2) is 0 Å². The summed E-state index contributed by atoms with van der Waals surface area (Å²) in [5.41, 5.74) is 2.17. The molecular formula is C26H27N3O3. The van der Waals surface area contributed by atoms with Crippen LogP contribution in [0.25, 0.3) is 0 Å². The van der Waals surface area contributed by atoms with E-state index < -0.39 is 0 Å². The number of allylic oxidation sites excluding steroid dienone is 2. The normalized spacial score (nSPS) is 25.3. The van der Waals surface area contributed by atoms with Gasteiger partial charge in [0.25, 0.3) is 5.91 Å². The van der Waals surface area contributed by atoms with Gasteiger partial charge >= 0.3 is 0 Å². The quantitative estimate of drug-likeness (QED) is 0.555. The average molecular weight is 430 g/mol. The molecule has 0 N–H and O–H groups in total. The van der Waals surface area contributed by atoms with Gasteiger partial charge in [0, 0.05) is 37.4 Å². The van der Waals surface area contributed by atoms with Gasteiger partial charge in [-0.15, -0.1) is 0 Å². The topological polar surface area (TPSA) is 60.9 Å². The molecule has 6 heteroatoms. The second-order valence-corrected chi connectivity index (χ2v) is 8.83. The van der Waals surface area contributed by atoms with Crippen LogP contribution < -0.4 is 9.80 Å². The molecule has 0 saturated carbocycles. The Balaban J connectivity index is 1.31. The van der Waals surface area contributed by atoms with E-state index in [9.17, 15) is 14.4 Å². The van der Waals surface area contributed by atoms with E-state index in [1.54, 1.807) is 24.3 Å². The highest BCUT2D eigenvalue weighted by molar-refractivity contribution is 6.22. The molecule has 3 atom stereocenters. The molecule has 2 aromatic carbocycles. The molecule has 2 aliphatic heterocycles. The van der Waals surface area contributed by atoms with Crippen molar-refractivity contribution in [1.29, 1.82) is 0 Å². The summed E-state index contributed by atoms with van der Waals surface area (Å²) < 4.78 is 0. The Morgan fingerprint density at radius 2 is 1.59 bits per heavy atom. The molecule has 3 amide bonds. The third-order valence-electron chi connectivity index (χ3n) is 6.91. The maximum absolute atomic E-state index is 13.2. The van der Waals surface area contributed by atoms with Crippen LogP contribution in [0.5, 0.6) is 0 Å². The molecule has 3 unspecified atom stereocenters. The van der Waals surface area contributed by atoms with Crippen LogP contribution in [-0.4, -0.2) is 48.8 Å². The third kappa shape index (κ3) is 3.49. The molecule has 2 heterocycles. The second kappa shape index (κ2) is 8.26. The van der Waals surface area contributed by atoms with Crippen LogP contribution in [0.4, 0.5) is 11.4 Å². The lowest BCUT2D eigenvalue weighted by Crippen LogP contribution is -2.48. The molecule has 0 bridgehead atoms. The third-order valence-corrected chi connectivity index (χ3v) is 6.91. The molecule has 6 nitrogen and oxygen atoms in total. The van der Waals surface area contributed by atoms with Crippen LogP contribution in [0.1, 0.15) is 23.7 Å². The summed E-state index contributed by atoms with van der Waals surface area (Å²) in [5, 5.41) is 0. The maximum Gasteiger partial charge on any atom is 0.254 e. The molecule has 2 fully saturated rings. The van der Waals surface area contributed by atoms with Crippen molar-refractivity contribution in [2.24, 2.45) is 17.8 Å². The number of hydrogen-bond acceptors (Lipinski definition) is 4.